The van der Waals surface area contributed by atoms with Crippen LogP contribution in [0.5, 0.6) is 0 Å². The minimum atomic E-state index is -0.406. The second-order valence-corrected chi connectivity index (χ2v) is 15.8. The zero-order valence-electron chi connectivity index (χ0n) is 31.7. The molecule has 54 heavy (non-hydrogen) atoms. The van der Waals surface area contributed by atoms with Gasteiger partial charge in [0.05, 0.1) is 16.8 Å². The van der Waals surface area contributed by atoms with Crippen molar-refractivity contribution >= 4 is 40.4 Å². The summed E-state index contributed by atoms with van der Waals surface area (Å²) in [5.74, 6) is -1.18. The second-order valence-electron chi connectivity index (χ2n) is 15.8. The Morgan fingerprint density at radius 3 is 1.78 bits per heavy atom. The first kappa shape index (κ1) is 37.1. The number of carbonyl (C=O) groups excluding carboxylic acids is 5. The lowest BCUT2D eigenvalue weighted by atomic mass is 9.68. The van der Waals surface area contributed by atoms with Crippen molar-refractivity contribution in [2.75, 3.05) is 11.1 Å². The lowest BCUT2D eigenvalue weighted by Crippen LogP contribution is -2.61. The van der Waals surface area contributed by atoms with Gasteiger partial charge in [-0.25, -0.2) is 0 Å². The quantitative estimate of drug-likeness (QED) is 0.114. The van der Waals surface area contributed by atoms with Crippen LogP contribution >= 0.6 is 0 Å². The number of hydrogen-bond acceptors (Lipinski definition) is 7. The van der Waals surface area contributed by atoms with Gasteiger partial charge in [-0.1, -0.05) is 101 Å². The maximum Gasteiger partial charge on any atom is 0.224 e. The van der Waals surface area contributed by atoms with Gasteiger partial charge in [-0.2, -0.15) is 0 Å². The third-order valence-corrected chi connectivity index (χ3v) is 12.0. The van der Waals surface area contributed by atoms with Gasteiger partial charge in [-0.05, 0) is 74.6 Å². The number of nitrogen functional groups attached to an aromatic ring is 1. The van der Waals surface area contributed by atoms with E-state index in [1.807, 2.05) is 0 Å². The molecule has 0 radical (unpaired) electrons. The van der Waals surface area contributed by atoms with Gasteiger partial charge in [0.15, 0.2) is 23.1 Å². The molecule has 0 bridgehead atoms. The standard InChI is InChI=1S/C46H49N3O5/c1-5-13-27-25-45(4,49-46(7-3,26-27)23-6-2)24-12-18-36(50)48-35-22-20-29(38-40(35)44(54)33-17-11-9-15-31(33)42(38)52)28-19-21-34(47)39-37(28)41(51)30-14-8-10-16-32(30)43(39)53/h8-11,14-17,19-22,27,49H,5-7,12-13,18,23-26,47H2,1-4H3,(H,48,50). The van der Waals surface area contributed by atoms with Crippen LogP contribution < -0.4 is 16.4 Å². The van der Waals surface area contributed by atoms with Gasteiger partial charge in [-0.15, -0.1) is 0 Å². The highest BCUT2D eigenvalue weighted by molar-refractivity contribution is 6.35. The molecule has 1 amide bonds. The molecule has 0 aromatic heterocycles. The number of nitrogens with one attached hydrogen (secondary N) is 2. The highest BCUT2D eigenvalue weighted by Gasteiger charge is 2.43. The van der Waals surface area contributed by atoms with E-state index in [9.17, 15) is 24.0 Å². The average molecular weight is 724 g/mol. The monoisotopic (exact) mass is 723 g/mol. The van der Waals surface area contributed by atoms with Crippen LogP contribution in [-0.4, -0.2) is 40.1 Å². The number of hydrogen-bond donors (Lipinski definition) is 3. The van der Waals surface area contributed by atoms with Crippen molar-refractivity contribution in [2.45, 2.75) is 103 Å². The summed E-state index contributed by atoms with van der Waals surface area (Å²) < 4.78 is 0. The van der Waals surface area contributed by atoms with E-state index in [-0.39, 0.29) is 85.1 Å². The highest BCUT2D eigenvalue weighted by atomic mass is 16.2. The molecule has 0 saturated carbocycles. The Kier molecular flexibility index (Phi) is 10.0. The fraction of sp³-hybridized carbons (Fsp3) is 0.370. The van der Waals surface area contributed by atoms with Crippen LogP contribution in [0.15, 0.2) is 72.8 Å². The minimum Gasteiger partial charge on any atom is -0.398 e. The van der Waals surface area contributed by atoms with Gasteiger partial charge in [-0.3, -0.25) is 24.0 Å². The topological polar surface area (TPSA) is 135 Å². The summed E-state index contributed by atoms with van der Waals surface area (Å²) in [5, 5.41) is 7.04. The maximum absolute atomic E-state index is 14.4. The van der Waals surface area contributed by atoms with Crippen LogP contribution in [0, 0.1) is 5.92 Å². The molecular weight excluding hydrogens is 675 g/mol. The zero-order chi connectivity index (χ0) is 38.4. The Morgan fingerprint density at radius 1 is 0.685 bits per heavy atom. The maximum atomic E-state index is 14.4. The Hall–Kier alpha value is -5.21. The van der Waals surface area contributed by atoms with Crippen LogP contribution in [0.2, 0.25) is 0 Å². The smallest absolute Gasteiger partial charge is 0.224 e. The molecule has 3 atom stereocenters. The van der Waals surface area contributed by atoms with Crippen molar-refractivity contribution in [3.8, 4) is 11.1 Å². The third-order valence-electron chi connectivity index (χ3n) is 12.0. The summed E-state index contributed by atoms with van der Waals surface area (Å²) in [6.07, 6.45) is 9.71. The third kappa shape index (κ3) is 6.40. The number of benzene rings is 4. The Morgan fingerprint density at radius 2 is 1.22 bits per heavy atom. The number of nitrogens with two attached hydrogens (primary N) is 1. The number of ketones is 4. The lowest BCUT2D eigenvalue weighted by molar-refractivity contribution is -0.116. The Labute approximate surface area is 317 Å². The van der Waals surface area contributed by atoms with Gasteiger partial charge in [0.1, 0.15) is 0 Å². The van der Waals surface area contributed by atoms with Gasteiger partial charge >= 0.3 is 0 Å². The van der Waals surface area contributed by atoms with E-state index in [2.05, 4.69) is 38.3 Å². The van der Waals surface area contributed by atoms with Crippen LogP contribution in [0.3, 0.4) is 0 Å². The highest BCUT2D eigenvalue weighted by Crippen LogP contribution is 2.44. The molecule has 3 unspecified atom stereocenters. The molecule has 4 N–H and O–H groups in total. The van der Waals surface area contributed by atoms with Gasteiger partial charge in [0.25, 0.3) is 0 Å². The van der Waals surface area contributed by atoms with E-state index >= 15 is 0 Å². The predicted molar refractivity (Wildman–Crippen MR) is 212 cm³/mol. The van der Waals surface area contributed by atoms with Crippen molar-refractivity contribution < 1.29 is 24.0 Å². The minimum absolute atomic E-state index is 0.0701. The van der Waals surface area contributed by atoms with Crippen LogP contribution in [0.4, 0.5) is 11.4 Å². The fourth-order valence-corrected chi connectivity index (χ4v) is 9.71. The molecule has 4 aromatic rings. The summed E-state index contributed by atoms with van der Waals surface area (Å²) in [5.41, 5.74) is 8.68. The molecule has 1 aliphatic heterocycles. The molecule has 1 saturated heterocycles. The number of anilines is 2. The average Bonchev–Trinajstić information content (AvgIpc) is 3.16. The van der Waals surface area contributed by atoms with E-state index in [4.69, 9.17) is 5.73 Å². The molecule has 8 nitrogen and oxygen atoms in total. The zero-order valence-corrected chi connectivity index (χ0v) is 31.7. The van der Waals surface area contributed by atoms with E-state index in [0.29, 0.717) is 23.5 Å². The molecule has 278 valence electrons. The van der Waals surface area contributed by atoms with Crippen molar-refractivity contribution in [3.05, 3.63) is 117 Å². The first-order chi connectivity index (χ1) is 25.9. The molecule has 2 aliphatic carbocycles. The van der Waals surface area contributed by atoms with Crippen molar-refractivity contribution in [1.82, 2.24) is 5.32 Å². The van der Waals surface area contributed by atoms with Gasteiger partial charge in [0.2, 0.25) is 5.91 Å². The van der Waals surface area contributed by atoms with Crippen molar-refractivity contribution in [1.29, 1.82) is 0 Å². The molecule has 3 aliphatic rings. The van der Waals surface area contributed by atoms with Crippen molar-refractivity contribution in [3.63, 3.8) is 0 Å². The van der Waals surface area contributed by atoms with E-state index in [1.54, 1.807) is 72.8 Å². The van der Waals surface area contributed by atoms with Crippen LogP contribution in [0.1, 0.15) is 156 Å². The number of fused-ring (bicyclic) bond motifs is 4. The summed E-state index contributed by atoms with van der Waals surface area (Å²) in [6, 6.07) is 19.7. The van der Waals surface area contributed by atoms with E-state index < -0.39 is 17.3 Å². The van der Waals surface area contributed by atoms with Crippen LogP contribution in [-0.2, 0) is 4.79 Å². The summed E-state index contributed by atoms with van der Waals surface area (Å²) >= 11 is 0. The molecule has 7 rings (SSSR count). The molecule has 0 spiro atoms. The van der Waals surface area contributed by atoms with Gasteiger partial charge in [0, 0.05) is 56.6 Å². The SMILES string of the molecule is CCCC1CC(C)(CCCC(=O)Nc2ccc(-c3ccc(N)c4c3C(=O)c3ccccc3C4=O)c3c2C(=O)c2ccccc2C3=O)NC(CC)(CCC)C1. The number of rotatable bonds is 11. The molecule has 1 fully saturated rings. The number of amides is 1. The molecule has 4 aromatic carbocycles. The first-order valence-corrected chi connectivity index (χ1v) is 19.5. The largest absolute Gasteiger partial charge is 0.398 e. The number of piperidine rings is 1. The normalized spacial score (nSPS) is 21.6. The van der Waals surface area contributed by atoms with Gasteiger partial charge < -0.3 is 16.4 Å². The molecule has 1 heterocycles. The Balaban J connectivity index is 1.22. The van der Waals surface area contributed by atoms with E-state index in [1.165, 1.54) is 12.8 Å². The first-order valence-electron chi connectivity index (χ1n) is 19.5. The summed E-state index contributed by atoms with van der Waals surface area (Å²) in [6.45, 7) is 9.08. The summed E-state index contributed by atoms with van der Waals surface area (Å²) in [4.78, 5) is 70.2. The summed E-state index contributed by atoms with van der Waals surface area (Å²) in [7, 11) is 0. The predicted octanol–water partition coefficient (Wildman–Crippen LogP) is 9.10. The molecular formula is C46H49N3O5. The van der Waals surface area contributed by atoms with Crippen molar-refractivity contribution in [2.24, 2.45) is 5.92 Å². The number of carbonyl (C=O) groups is 5. The van der Waals surface area contributed by atoms with Crippen LogP contribution in [0.25, 0.3) is 11.1 Å². The Bertz CT molecular complexity index is 2220. The fourth-order valence-electron chi connectivity index (χ4n) is 9.71. The van der Waals surface area contributed by atoms with E-state index in [0.717, 1.165) is 38.5 Å². The lowest BCUT2D eigenvalue weighted by Gasteiger charge is -2.51. The second kappa shape index (κ2) is 14.6. The molecule has 8 heteroatoms.